The van der Waals surface area contributed by atoms with Gasteiger partial charge in [-0.25, -0.2) is 8.42 Å². The molecule has 0 bridgehead atoms. The molecular formula is C14H13BrClNO2S. The van der Waals surface area contributed by atoms with Crippen molar-refractivity contribution in [2.24, 2.45) is 0 Å². The van der Waals surface area contributed by atoms with Crippen LogP contribution in [0.5, 0.6) is 0 Å². The standard InChI is InChI=1S/C14H13BrClNO2S/c15-12-3-7-14(8-4-12)20(18,19)17-13-5-1-11(2-6-13)9-10-16/h1-8,17H,9-10H2. The SMILES string of the molecule is O=S(=O)(Nc1ccc(CCCl)cc1)c1ccc(Br)cc1. The molecule has 0 aliphatic rings. The molecule has 0 saturated heterocycles. The lowest BCUT2D eigenvalue weighted by Crippen LogP contribution is -2.12. The molecule has 0 atom stereocenters. The second-order valence-corrected chi connectivity index (χ2v) is 7.17. The lowest BCUT2D eigenvalue weighted by Gasteiger charge is -2.08. The summed E-state index contributed by atoms with van der Waals surface area (Å²) in [6, 6.07) is 13.7. The van der Waals surface area contributed by atoms with E-state index in [0.717, 1.165) is 16.5 Å². The number of benzene rings is 2. The summed E-state index contributed by atoms with van der Waals surface area (Å²) in [5, 5.41) is 0. The Balaban J connectivity index is 2.17. The Morgan fingerprint density at radius 2 is 1.60 bits per heavy atom. The number of alkyl halides is 1. The van der Waals surface area contributed by atoms with Crippen LogP contribution in [0.15, 0.2) is 57.9 Å². The van der Waals surface area contributed by atoms with E-state index in [0.29, 0.717) is 11.6 Å². The van der Waals surface area contributed by atoms with Crippen molar-refractivity contribution in [2.75, 3.05) is 10.6 Å². The third kappa shape index (κ3) is 3.98. The maximum absolute atomic E-state index is 12.2. The molecule has 1 N–H and O–H groups in total. The first-order valence-electron chi connectivity index (χ1n) is 5.94. The zero-order chi connectivity index (χ0) is 14.6. The molecular weight excluding hydrogens is 362 g/mol. The summed E-state index contributed by atoms with van der Waals surface area (Å²) in [5.41, 5.74) is 1.61. The fraction of sp³-hybridized carbons (Fsp3) is 0.143. The van der Waals surface area contributed by atoms with Gasteiger partial charge in [0.05, 0.1) is 4.90 Å². The van der Waals surface area contributed by atoms with Crippen LogP contribution in [-0.4, -0.2) is 14.3 Å². The second-order valence-electron chi connectivity index (χ2n) is 4.20. The predicted molar refractivity (Wildman–Crippen MR) is 85.8 cm³/mol. The molecule has 0 amide bonds. The summed E-state index contributed by atoms with van der Waals surface area (Å²) in [6.07, 6.45) is 0.765. The summed E-state index contributed by atoms with van der Waals surface area (Å²) in [5.74, 6) is 0.546. The van der Waals surface area contributed by atoms with E-state index in [-0.39, 0.29) is 4.90 Å². The number of hydrogen-bond donors (Lipinski definition) is 1. The highest BCUT2D eigenvalue weighted by Crippen LogP contribution is 2.19. The molecule has 0 spiro atoms. The van der Waals surface area contributed by atoms with Crippen LogP contribution in [0.2, 0.25) is 0 Å². The smallest absolute Gasteiger partial charge is 0.261 e. The summed E-state index contributed by atoms with van der Waals surface area (Å²) in [7, 11) is -3.55. The molecule has 0 unspecified atom stereocenters. The van der Waals surface area contributed by atoms with Crippen LogP contribution >= 0.6 is 27.5 Å². The van der Waals surface area contributed by atoms with Crippen LogP contribution in [0.25, 0.3) is 0 Å². The number of sulfonamides is 1. The van der Waals surface area contributed by atoms with Crippen molar-refractivity contribution < 1.29 is 8.42 Å². The van der Waals surface area contributed by atoms with Gasteiger partial charge < -0.3 is 0 Å². The van der Waals surface area contributed by atoms with Crippen molar-refractivity contribution in [3.63, 3.8) is 0 Å². The molecule has 20 heavy (non-hydrogen) atoms. The maximum atomic E-state index is 12.2. The van der Waals surface area contributed by atoms with E-state index in [4.69, 9.17) is 11.6 Å². The Morgan fingerprint density at radius 1 is 1.00 bits per heavy atom. The molecule has 0 aliphatic carbocycles. The van der Waals surface area contributed by atoms with Crippen molar-refractivity contribution in [3.05, 3.63) is 58.6 Å². The Hall–Kier alpha value is -1.04. The number of anilines is 1. The van der Waals surface area contributed by atoms with Gasteiger partial charge in [-0.15, -0.1) is 11.6 Å². The second kappa shape index (κ2) is 6.61. The highest BCUT2D eigenvalue weighted by atomic mass is 79.9. The minimum Gasteiger partial charge on any atom is -0.280 e. The third-order valence-corrected chi connectivity index (χ3v) is 4.83. The Kier molecular flexibility index (Phi) is 5.07. The van der Waals surface area contributed by atoms with Crippen molar-refractivity contribution in [1.29, 1.82) is 0 Å². The molecule has 6 heteroatoms. The summed E-state index contributed by atoms with van der Waals surface area (Å²) in [4.78, 5) is 0.227. The summed E-state index contributed by atoms with van der Waals surface area (Å²) in [6.45, 7) is 0. The first kappa shape index (κ1) is 15.4. The Bertz CT molecular complexity index is 669. The van der Waals surface area contributed by atoms with Gasteiger partial charge in [0.25, 0.3) is 10.0 Å². The van der Waals surface area contributed by atoms with Crippen LogP contribution in [0.4, 0.5) is 5.69 Å². The van der Waals surface area contributed by atoms with Gasteiger partial charge in [-0.3, -0.25) is 4.72 Å². The van der Waals surface area contributed by atoms with E-state index in [1.807, 2.05) is 12.1 Å². The van der Waals surface area contributed by atoms with Gasteiger partial charge in [0.1, 0.15) is 0 Å². The van der Waals surface area contributed by atoms with Crippen molar-refractivity contribution in [3.8, 4) is 0 Å². The van der Waals surface area contributed by atoms with Gasteiger partial charge in [-0.05, 0) is 48.4 Å². The lowest BCUT2D eigenvalue weighted by atomic mass is 10.2. The number of aryl methyl sites for hydroxylation is 1. The molecule has 0 fully saturated rings. The molecule has 2 rings (SSSR count). The van der Waals surface area contributed by atoms with E-state index in [9.17, 15) is 8.42 Å². The van der Waals surface area contributed by atoms with E-state index in [2.05, 4.69) is 20.7 Å². The fourth-order valence-electron chi connectivity index (χ4n) is 1.68. The van der Waals surface area contributed by atoms with Crippen LogP contribution < -0.4 is 4.72 Å². The molecule has 2 aromatic carbocycles. The third-order valence-electron chi connectivity index (χ3n) is 2.71. The highest BCUT2D eigenvalue weighted by molar-refractivity contribution is 9.10. The zero-order valence-corrected chi connectivity index (χ0v) is 13.7. The number of halogens is 2. The fourth-order valence-corrected chi connectivity index (χ4v) is 3.22. The number of hydrogen-bond acceptors (Lipinski definition) is 2. The summed E-state index contributed by atoms with van der Waals surface area (Å²) < 4.78 is 27.7. The minimum absolute atomic E-state index is 0.227. The van der Waals surface area contributed by atoms with E-state index >= 15 is 0 Å². The van der Waals surface area contributed by atoms with Crippen LogP contribution in [0, 0.1) is 0 Å². The topological polar surface area (TPSA) is 46.2 Å². The van der Waals surface area contributed by atoms with E-state index < -0.39 is 10.0 Å². The Labute approximate surface area is 132 Å². The van der Waals surface area contributed by atoms with Gasteiger partial charge in [0.15, 0.2) is 0 Å². The molecule has 0 saturated carbocycles. The number of rotatable bonds is 5. The predicted octanol–water partition coefficient (Wildman–Crippen LogP) is 4.03. The monoisotopic (exact) mass is 373 g/mol. The number of nitrogens with one attached hydrogen (secondary N) is 1. The van der Waals surface area contributed by atoms with Crippen molar-refractivity contribution >= 4 is 43.2 Å². The zero-order valence-electron chi connectivity index (χ0n) is 10.5. The normalized spacial score (nSPS) is 11.3. The van der Waals surface area contributed by atoms with Gasteiger partial charge >= 0.3 is 0 Å². The van der Waals surface area contributed by atoms with Gasteiger partial charge in [0.2, 0.25) is 0 Å². The molecule has 0 aliphatic heterocycles. The molecule has 106 valence electrons. The quantitative estimate of drug-likeness (QED) is 0.803. The molecule has 2 aromatic rings. The van der Waals surface area contributed by atoms with Crippen LogP contribution in [0.1, 0.15) is 5.56 Å². The van der Waals surface area contributed by atoms with E-state index in [1.54, 1.807) is 36.4 Å². The van der Waals surface area contributed by atoms with Crippen LogP contribution in [-0.2, 0) is 16.4 Å². The largest absolute Gasteiger partial charge is 0.280 e. The highest BCUT2D eigenvalue weighted by Gasteiger charge is 2.13. The van der Waals surface area contributed by atoms with Crippen molar-refractivity contribution in [2.45, 2.75) is 11.3 Å². The average Bonchev–Trinajstić information content (AvgIpc) is 2.41. The molecule has 0 heterocycles. The first-order chi connectivity index (χ1) is 9.51. The van der Waals surface area contributed by atoms with Gasteiger partial charge in [-0.2, -0.15) is 0 Å². The molecule has 0 radical (unpaired) electrons. The molecule has 0 aromatic heterocycles. The van der Waals surface area contributed by atoms with Crippen molar-refractivity contribution in [1.82, 2.24) is 0 Å². The summed E-state index contributed by atoms with van der Waals surface area (Å²) >= 11 is 8.94. The van der Waals surface area contributed by atoms with E-state index in [1.165, 1.54) is 0 Å². The molecule has 3 nitrogen and oxygen atoms in total. The minimum atomic E-state index is -3.55. The maximum Gasteiger partial charge on any atom is 0.261 e. The Morgan fingerprint density at radius 3 is 2.15 bits per heavy atom. The van der Waals surface area contributed by atoms with Gasteiger partial charge in [-0.1, -0.05) is 28.1 Å². The average molecular weight is 375 g/mol. The van der Waals surface area contributed by atoms with Gasteiger partial charge in [0, 0.05) is 16.0 Å². The lowest BCUT2D eigenvalue weighted by molar-refractivity contribution is 0.601. The van der Waals surface area contributed by atoms with Crippen LogP contribution in [0.3, 0.4) is 0 Å². The first-order valence-corrected chi connectivity index (χ1v) is 8.75.